The van der Waals surface area contributed by atoms with Crippen LogP contribution in [0.15, 0.2) is 40.9 Å². The molecule has 0 radical (unpaired) electrons. The molecule has 2 aliphatic heterocycles. The van der Waals surface area contributed by atoms with Gasteiger partial charge in [-0.25, -0.2) is 0 Å². The number of alkyl halides is 3. The molecule has 1 aromatic carbocycles. The summed E-state index contributed by atoms with van der Waals surface area (Å²) in [6.45, 7) is 6.02. The number of hydrogen-bond donors (Lipinski definition) is 3. The summed E-state index contributed by atoms with van der Waals surface area (Å²) in [4.78, 5) is 19.5. The monoisotopic (exact) mass is 503 g/mol. The van der Waals surface area contributed by atoms with E-state index in [1.165, 1.54) is 18.2 Å². The van der Waals surface area contributed by atoms with Crippen molar-refractivity contribution in [3.63, 3.8) is 0 Å². The molecule has 0 amide bonds. The average Bonchev–Trinajstić information content (AvgIpc) is 3.26. The molecule has 1 aromatic heterocycles. The molecule has 12 heteroatoms. The standard InChI is InChI=1S/C24H28F3N7O2/c1-16-11-21(28-13-16)32-23-31-20(6-5-17-3-2-4-18(12-17)24(25,26)27)30-22(33-23)29-14-19(35)15-34-7-9-36-10-8-34/h2-6,11-12,19,35H,7-10,13-15H2,1H3,(H2,28,29,30,31,32,33)/b6-5+. The van der Waals surface area contributed by atoms with Crippen LogP contribution in [0, 0.1) is 0 Å². The highest BCUT2D eigenvalue weighted by atomic mass is 19.4. The maximum absolute atomic E-state index is 13.0. The first-order chi connectivity index (χ1) is 17.2. The van der Waals surface area contributed by atoms with E-state index >= 15 is 0 Å². The largest absolute Gasteiger partial charge is 0.416 e. The summed E-state index contributed by atoms with van der Waals surface area (Å²) in [6, 6.07) is 4.98. The van der Waals surface area contributed by atoms with Gasteiger partial charge in [0, 0.05) is 26.2 Å². The van der Waals surface area contributed by atoms with Crippen molar-refractivity contribution < 1.29 is 23.0 Å². The number of ether oxygens (including phenoxy) is 1. The van der Waals surface area contributed by atoms with Gasteiger partial charge in [0.2, 0.25) is 11.9 Å². The Balaban J connectivity index is 1.49. The molecule has 1 saturated heterocycles. The molecule has 1 atom stereocenters. The highest BCUT2D eigenvalue weighted by molar-refractivity contribution is 6.04. The van der Waals surface area contributed by atoms with Crippen LogP contribution in [0.2, 0.25) is 0 Å². The molecule has 2 aliphatic rings. The molecule has 9 nitrogen and oxygen atoms in total. The maximum atomic E-state index is 13.0. The molecule has 1 unspecified atom stereocenters. The predicted molar refractivity (Wildman–Crippen MR) is 132 cm³/mol. The summed E-state index contributed by atoms with van der Waals surface area (Å²) in [5.41, 5.74) is 0.704. The maximum Gasteiger partial charge on any atom is 0.416 e. The van der Waals surface area contributed by atoms with Gasteiger partial charge in [-0.05, 0) is 42.3 Å². The van der Waals surface area contributed by atoms with E-state index in [2.05, 4.69) is 35.5 Å². The Kier molecular flexibility index (Phi) is 8.28. The Bertz CT molecular complexity index is 1140. The number of aliphatic hydroxyl groups is 1. The van der Waals surface area contributed by atoms with Crippen LogP contribution in [0.25, 0.3) is 12.2 Å². The number of hydrogen-bond acceptors (Lipinski definition) is 9. The third-order valence-electron chi connectivity index (χ3n) is 5.48. The van der Waals surface area contributed by atoms with Crippen molar-refractivity contribution in [2.45, 2.75) is 19.2 Å². The lowest BCUT2D eigenvalue weighted by Crippen LogP contribution is -2.42. The molecule has 0 aliphatic carbocycles. The molecule has 0 spiro atoms. The summed E-state index contributed by atoms with van der Waals surface area (Å²) in [7, 11) is 0. The van der Waals surface area contributed by atoms with Gasteiger partial charge in [0.25, 0.3) is 0 Å². The van der Waals surface area contributed by atoms with E-state index < -0.39 is 17.8 Å². The molecule has 0 bridgehead atoms. The average molecular weight is 504 g/mol. The van der Waals surface area contributed by atoms with Gasteiger partial charge in [0.1, 0.15) is 5.84 Å². The minimum absolute atomic E-state index is 0.206. The normalized spacial score (nSPS) is 17.7. The lowest BCUT2D eigenvalue weighted by atomic mass is 10.1. The molecular weight excluding hydrogens is 475 g/mol. The van der Waals surface area contributed by atoms with Crippen molar-refractivity contribution in [1.82, 2.24) is 19.9 Å². The molecular formula is C24H28F3N7O2. The lowest BCUT2D eigenvalue weighted by molar-refractivity contribution is -0.137. The third-order valence-corrected chi connectivity index (χ3v) is 5.48. The minimum atomic E-state index is -4.43. The smallest absolute Gasteiger partial charge is 0.390 e. The van der Waals surface area contributed by atoms with Gasteiger partial charge in [0.15, 0.2) is 5.82 Å². The number of aliphatic hydroxyl groups excluding tert-OH is 1. The Morgan fingerprint density at radius 2 is 1.92 bits per heavy atom. The topological polar surface area (TPSA) is 108 Å². The molecule has 36 heavy (non-hydrogen) atoms. The quantitative estimate of drug-likeness (QED) is 0.505. The molecule has 4 rings (SSSR count). The Hall–Kier alpha value is -3.35. The van der Waals surface area contributed by atoms with Crippen molar-refractivity contribution in [3.8, 4) is 0 Å². The van der Waals surface area contributed by atoms with Crippen LogP contribution >= 0.6 is 0 Å². The third kappa shape index (κ3) is 7.57. The van der Waals surface area contributed by atoms with Gasteiger partial charge < -0.3 is 20.5 Å². The first-order valence-electron chi connectivity index (χ1n) is 11.6. The highest BCUT2D eigenvalue weighted by Gasteiger charge is 2.30. The SMILES string of the molecule is CC1=CC(Nc2nc(/C=C/c3cccc(C(F)(F)F)c3)nc(NCC(O)CN3CCOCC3)n2)=NC1. The Labute approximate surface area is 206 Å². The van der Waals surface area contributed by atoms with E-state index in [0.29, 0.717) is 37.7 Å². The van der Waals surface area contributed by atoms with Gasteiger partial charge >= 0.3 is 6.18 Å². The van der Waals surface area contributed by atoms with E-state index in [1.54, 1.807) is 6.07 Å². The zero-order valence-corrected chi connectivity index (χ0v) is 19.8. The minimum Gasteiger partial charge on any atom is -0.390 e. The van der Waals surface area contributed by atoms with Crippen LogP contribution in [0.3, 0.4) is 0 Å². The van der Waals surface area contributed by atoms with Gasteiger partial charge in [0.05, 0.1) is 31.4 Å². The number of β-amino-alcohol motifs (C(OH)–C–C–N with tert-alkyl or cyclic N) is 1. The number of nitrogens with zero attached hydrogens (tertiary/aromatic N) is 5. The van der Waals surface area contributed by atoms with Gasteiger partial charge in [-0.3, -0.25) is 9.89 Å². The lowest BCUT2D eigenvalue weighted by Gasteiger charge is -2.28. The Morgan fingerprint density at radius 1 is 1.14 bits per heavy atom. The number of benzene rings is 1. The number of halogens is 3. The van der Waals surface area contributed by atoms with Crippen LogP contribution < -0.4 is 10.6 Å². The van der Waals surface area contributed by atoms with Crippen molar-refractivity contribution in [3.05, 3.63) is 52.9 Å². The van der Waals surface area contributed by atoms with Crippen molar-refractivity contribution in [2.24, 2.45) is 4.99 Å². The van der Waals surface area contributed by atoms with E-state index in [4.69, 9.17) is 4.74 Å². The van der Waals surface area contributed by atoms with Crippen molar-refractivity contribution in [2.75, 3.05) is 56.6 Å². The predicted octanol–water partition coefficient (Wildman–Crippen LogP) is 2.94. The van der Waals surface area contributed by atoms with Crippen LogP contribution in [0.1, 0.15) is 23.9 Å². The number of aliphatic imine (C=N–C) groups is 1. The number of anilines is 2. The first kappa shape index (κ1) is 25.7. The van der Waals surface area contributed by atoms with Gasteiger partial charge in [-0.15, -0.1) is 0 Å². The van der Waals surface area contributed by atoms with Crippen LogP contribution in [0.5, 0.6) is 0 Å². The van der Waals surface area contributed by atoms with Gasteiger partial charge in [-0.1, -0.05) is 18.2 Å². The van der Waals surface area contributed by atoms with Crippen LogP contribution in [0.4, 0.5) is 25.1 Å². The van der Waals surface area contributed by atoms with Gasteiger partial charge in [-0.2, -0.15) is 28.1 Å². The fraction of sp³-hybridized carbons (Fsp3) is 0.417. The molecule has 3 heterocycles. The number of amidine groups is 1. The number of rotatable bonds is 8. The first-order valence-corrected chi connectivity index (χ1v) is 11.6. The fourth-order valence-electron chi connectivity index (χ4n) is 3.67. The Morgan fingerprint density at radius 3 is 2.64 bits per heavy atom. The van der Waals surface area contributed by atoms with E-state index in [-0.39, 0.29) is 24.3 Å². The molecule has 0 saturated carbocycles. The summed E-state index contributed by atoms with van der Waals surface area (Å²) in [5, 5.41) is 16.5. The summed E-state index contributed by atoms with van der Waals surface area (Å²) < 4.78 is 44.4. The molecule has 2 aromatic rings. The molecule has 192 valence electrons. The number of morpholine rings is 1. The van der Waals surface area contributed by atoms with E-state index in [0.717, 1.165) is 30.8 Å². The van der Waals surface area contributed by atoms with Crippen LogP contribution in [-0.2, 0) is 10.9 Å². The molecule has 1 fully saturated rings. The summed E-state index contributed by atoms with van der Waals surface area (Å²) in [5.74, 6) is 1.28. The number of aromatic nitrogens is 3. The zero-order valence-electron chi connectivity index (χ0n) is 19.8. The van der Waals surface area contributed by atoms with E-state index in [9.17, 15) is 18.3 Å². The highest BCUT2D eigenvalue weighted by Crippen LogP contribution is 2.29. The summed E-state index contributed by atoms with van der Waals surface area (Å²) in [6.07, 6.45) is -0.204. The summed E-state index contributed by atoms with van der Waals surface area (Å²) >= 11 is 0. The van der Waals surface area contributed by atoms with E-state index in [1.807, 2.05) is 13.0 Å². The fourth-order valence-corrected chi connectivity index (χ4v) is 3.67. The second-order valence-corrected chi connectivity index (χ2v) is 8.56. The second kappa shape index (κ2) is 11.6. The zero-order chi connectivity index (χ0) is 25.5. The second-order valence-electron chi connectivity index (χ2n) is 8.56. The van der Waals surface area contributed by atoms with Crippen molar-refractivity contribution >= 4 is 29.9 Å². The molecule has 3 N–H and O–H groups in total. The number of nitrogens with one attached hydrogen (secondary N) is 2. The van der Waals surface area contributed by atoms with Crippen LogP contribution in [-0.4, -0.2) is 82.8 Å². The van der Waals surface area contributed by atoms with Crippen molar-refractivity contribution in [1.29, 1.82) is 0 Å².